The van der Waals surface area contributed by atoms with Gasteiger partial charge in [-0.2, -0.15) is 8.78 Å². The van der Waals surface area contributed by atoms with Crippen LogP contribution in [0.2, 0.25) is 0 Å². The Morgan fingerprint density at radius 3 is 2.56 bits per heavy atom. The predicted molar refractivity (Wildman–Crippen MR) is 121 cm³/mol. The number of alkyl halides is 2. The predicted octanol–water partition coefficient (Wildman–Crippen LogP) is 2.68. The zero-order chi connectivity index (χ0) is 23.7. The van der Waals surface area contributed by atoms with E-state index in [1.807, 2.05) is 0 Å². The highest BCUT2D eigenvalue weighted by Gasteiger charge is 2.18. The molecule has 176 valence electrons. The van der Waals surface area contributed by atoms with E-state index in [9.17, 15) is 13.6 Å². The second-order valence-corrected chi connectivity index (χ2v) is 7.81. The molecular formula is C23H22F2N6O3. The molecule has 1 aliphatic heterocycles. The van der Waals surface area contributed by atoms with Gasteiger partial charge in [0.25, 0.3) is 5.56 Å². The fraction of sp³-hybridized carbons (Fsp3) is 0.304. The average Bonchev–Trinajstić information content (AvgIpc) is 3.10. The summed E-state index contributed by atoms with van der Waals surface area (Å²) in [5.41, 5.74) is 1.98. The molecule has 1 saturated heterocycles. The fourth-order valence-electron chi connectivity index (χ4n) is 3.97. The Hall–Kier alpha value is -3.86. The third-order valence-electron chi connectivity index (χ3n) is 5.74. The number of anilines is 1. The van der Waals surface area contributed by atoms with Crippen LogP contribution in [0.3, 0.4) is 0 Å². The van der Waals surface area contributed by atoms with Crippen LogP contribution >= 0.6 is 0 Å². The van der Waals surface area contributed by atoms with Crippen LogP contribution in [-0.4, -0.2) is 57.2 Å². The van der Waals surface area contributed by atoms with Crippen LogP contribution in [0.4, 0.5) is 14.7 Å². The van der Waals surface area contributed by atoms with Gasteiger partial charge in [-0.25, -0.2) is 15.0 Å². The normalized spacial score (nSPS) is 14.2. The van der Waals surface area contributed by atoms with Crippen LogP contribution in [0.25, 0.3) is 22.3 Å². The maximum Gasteiger partial charge on any atom is 0.387 e. The molecule has 0 unspecified atom stereocenters. The van der Waals surface area contributed by atoms with Gasteiger partial charge < -0.3 is 14.4 Å². The van der Waals surface area contributed by atoms with Crippen LogP contribution in [0, 0.1) is 0 Å². The SMILES string of the molecule is Cn1c(=O)c2ccc(-c3cnc(N4CCOCC4)nc3)nc2n1Cc1ccccc1OC(F)F. The lowest BCUT2D eigenvalue weighted by atomic mass is 10.2. The zero-order valence-corrected chi connectivity index (χ0v) is 18.4. The minimum Gasteiger partial charge on any atom is -0.434 e. The van der Waals surface area contributed by atoms with Gasteiger partial charge in [-0.05, 0) is 18.2 Å². The van der Waals surface area contributed by atoms with Gasteiger partial charge in [-0.15, -0.1) is 0 Å². The summed E-state index contributed by atoms with van der Waals surface area (Å²) in [6, 6.07) is 9.94. The molecule has 0 atom stereocenters. The van der Waals surface area contributed by atoms with Crippen molar-refractivity contribution < 1.29 is 18.3 Å². The molecule has 4 aromatic rings. The van der Waals surface area contributed by atoms with Gasteiger partial charge in [-0.1, -0.05) is 18.2 Å². The summed E-state index contributed by atoms with van der Waals surface area (Å²) in [6.07, 6.45) is 3.40. The zero-order valence-electron chi connectivity index (χ0n) is 18.4. The highest BCUT2D eigenvalue weighted by Crippen LogP contribution is 2.24. The molecule has 3 aromatic heterocycles. The van der Waals surface area contributed by atoms with E-state index in [-0.39, 0.29) is 17.9 Å². The molecule has 0 aliphatic carbocycles. The second-order valence-electron chi connectivity index (χ2n) is 7.81. The summed E-state index contributed by atoms with van der Waals surface area (Å²) >= 11 is 0. The highest BCUT2D eigenvalue weighted by molar-refractivity contribution is 5.78. The molecule has 5 rings (SSSR count). The Bertz CT molecular complexity index is 1360. The number of nitrogens with zero attached hydrogens (tertiary/aromatic N) is 6. The molecule has 0 radical (unpaired) electrons. The van der Waals surface area contributed by atoms with E-state index < -0.39 is 6.61 Å². The Morgan fingerprint density at radius 1 is 1.09 bits per heavy atom. The van der Waals surface area contributed by atoms with Gasteiger partial charge >= 0.3 is 6.61 Å². The number of hydrogen-bond acceptors (Lipinski definition) is 7. The fourth-order valence-corrected chi connectivity index (χ4v) is 3.97. The quantitative estimate of drug-likeness (QED) is 0.430. The standard InChI is InChI=1S/C23H22F2N6O3/c1-29-21(32)17-6-7-18(16-12-26-23(27-13-16)30-8-10-33-11-9-30)28-20(17)31(29)14-15-4-2-3-5-19(15)34-22(24)25/h2-7,12-13,22H,8-11,14H2,1H3. The van der Waals surface area contributed by atoms with Crippen LogP contribution in [0.1, 0.15) is 5.56 Å². The molecule has 4 heterocycles. The number of pyridine rings is 1. The van der Waals surface area contributed by atoms with Gasteiger partial charge in [0.15, 0.2) is 5.65 Å². The summed E-state index contributed by atoms with van der Waals surface area (Å²) in [4.78, 5) is 28.5. The third kappa shape index (κ3) is 4.21. The number of aromatic nitrogens is 5. The van der Waals surface area contributed by atoms with Gasteiger partial charge in [0, 0.05) is 43.7 Å². The molecule has 0 spiro atoms. The van der Waals surface area contributed by atoms with E-state index in [2.05, 4.69) is 19.6 Å². The molecule has 0 saturated carbocycles. The molecule has 11 heteroatoms. The lowest BCUT2D eigenvalue weighted by Crippen LogP contribution is -2.37. The van der Waals surface area contributed by atoms with Crippen molar-refractivity contribution in [2.45, 2.75) is 13.2 Å². The topological polar surface area (TPSA) is 87.3 Å². The lowest BCUT2D eigenvalue weighted by molar-refractivity contribution is -0.0505. The molecular weight excluding hydrogens is 446 g/mol. The van der Waals surface area contributed by atoms with Crippen molar-refractivity contribution in [1.29, 1.82) is 0 Å². The van der Waals surface area contributed by atoms with Crippen molar-refractivity contribution in [3.05, 3.63) is 64.7 Å². The van der Waals surface area contributed by atoms with E-state index in [0.29, 0.717) is 47.0 Å². The molecule has 0 bridgehead atoms. The maximum absolute atomic E-state index is 12.8. The number of para-hydroxylation sites is 1. The van der Waals surface area contributed by atoms with Crippen LogP contribution < -0.4 is 15.2 Å². The highest BCUT2D eigenvalue weighted by atomic mass is 19.3. The average molecular weight is 468 g/mol. The molecule has 1 aliphatic rings. The Balaban J connectivity index is 1.50. The first kappa shape index (κ1) is 22.0. The van der Waals surface area contributed by atoms with E-state index in [4.69, 9.17) is 9.72 Å². The van der Waals surface area contributed by atoms with Gasteiger partial charge in [0.2, 0.25) is 5.95 Å². The second kappa shape index (κ2) is 9.18. The molecule has 0 N–H and O–H groups in total. The van der Waals surface area contributed by atoms with E-state index in [0.717, 1.165) is 13.1 Å². The Kier molecular flexibility index (Phi) is 5.93. The minimum absolute atomic E-state index is 0.0510. The first-order valence-corrected chi connectivity index (χ1v) is 10.8. The lowest BCUT2D eigenvalue weighted by Gasteiger charge is -2.26. The number of benzene rings is 1. The molecule has 9 nitrogen and oxygen atoms in total. The largest absolute Gasteiger partial charge is 0.434 e. The minimum atomic E-state index is -2.95. The summed E-state index contributed by atoms with van der Waals surface area (Å²) in [7, 11) is 1.61. The van der Waals surface area contributed by atoms with Crippen LogP contribution in [0.15, 0.2) is 53.6 Å². The van der Waals surface area contributed by atoms with Crippen LogP contribution in [0.5, 0.6) is 5.75 Å². The third-order valence-corrected chi connectivity index (χ3v) is 5.74. The van der Waals surface area contributed by atoms with E-state index >= 15 is 0 Å². The molecule has 1 aromatic carbocycles. The monoisotopic (exact) mass is 468 g/mol. The first-order valence-electron chi connectivity index (χ1n) is 10.8. The van der Waals surface area contributed by atoms with E-state index in [1.54, 1.807) is 54.5 Å². The van der Waals surface area contributed by atoms with Crippen molar-refractivity contribution in [2.75, 3.05) is 31.2 Å². The first-order chi connectivity index (χ1) is 16.5. The Morgan fingerprint density at radius 2 is 1.82 bits per heavy atom. The van der Waals surface area contributed by atoms with E-state index in [1.165, 1.54) is 10.7 Å². The number of hydrogen-bond donors (Lipinski definition) is 0. The van der Waals surface area contributed by atoms with Gasteiger partial charge in [-0.3, -0.25) is 14.2 Å². The van der Waals surface area contributed by atoms with Crippen molar-refractivity contribution in [1.82, 2.24) is 24.3 Å². The summed E-state index contributed by atoms with van der Waals surface area (Å²) in [6.45, 7) is -0.0777. The number of ether oxygens (including phenoxy) is 2. The summed E-state index contributed by atoms with van der Waals surface area (Å²) in [5, 5.41) is 0.421. The van der Waals surface area contributed by atoms with Crippen molar-refractivity contribution in [2.24, 2.45) is 7.05 Å². The number of halogens is 2. The summed E-state index contributed by atoms with van der Waals surface area (Å²) in [5.74, 6) is 0.676. The molecule has 1 fully saturated rings. The number of fused-ring (bicyclic) bond motifs is 1. The summed E-state index contributed by atoms with van der Waals surface area (Å²) < 4.78 is 38.8. The van der Waals surface area contributed by atoms with Crippen LogP contribution in [-0.2, 0) is 18.3 Å². The smallest absolute Gasteiger partial charge is 0.387 e. The molecule has 0 amide bonds. The number of morpholine rings is 1. The van der Waals surface area contributed by atoms with Crippen molar-refractivity contribution >= 4 is 17.0 Å². The van der Waals surface area contributed by atoms with Gasteiger partial charge in [0.1, 0.15) is 5.75 Å². The number of rotatable bonds is 6. The maximum atomic E-state index is 12.8. The molecule has 34 heavy (non-hydrogen) atoms. The van der Waals surface area contributed by atoms with Crippen molar-refractivity contribution in [3.8, 4) is 17.0 Å². The van der Waals surface area contributed by atoms with Crippen molar-refractivity contribution in [3.63, 3.8) is 0 Å². The van der Waals surface area contributed by atoms with Gasteiger partial charge in [0.05, 0.1) is 30.8 Å². The Labute approximate surface area is 193 Å².